The highest BCUT2D eigenvalue weighted by Crippen LogP contribution is 2.18. The van der Waals surface area contributed by atoms with E-state index in [0.29, 0.717) is 6.01 Å². The van der Waals surface area contributed by atoms with Crippen molar-refractivity contribution in [1.29, 1.82) is 0 Å². The van der Waals surface area contributed by atoms with E-state index < -0.39 is 0 Å². The number of aromatic nitrogens is 2. The summed E-state index contributed by atoms with van der Waals surface area (Å²) < 4.78 is 5.57. The fraction of sp³-hybridized carbons (Fsp3) is 0.231. The van der Waals surface area contributed by atoms with Crippen molar-refractivity contribution < 1.29 is 4.42 Å². The molecule has 0 aliphatic rings. The first-order valence-electron chi connectivity index (χ1n) is 5.82. The number of nitrogens with zero attached hydrogens (tertiary/aromatic N) is 2. The van der Waals surface area contributed by atoms with Crippen LogP contribution >= 0.6 is 11.3 Å². The summed E-state index contributed by atoms with van der Waals surface area (Å²) in [7, 11) is 0. The van der Waals surface area contributed by atoms with Gasteiger partial charge in [0.05, 0.1) is 5.01 Å². The number of thiazole rings is 1. The average Bonchev–Trinajstić information content (AvgIpc) is 2.95. The van der Waals surface area contributed by atoms with E-state index >= 15 is 0 Å². The zero-order valence-electron chi connectivity index (χ0n) is 10.0. The fourth-order valence-electron chi connectivity index (χ4n) is 1.74. The molecule has 0 atom stereocenters. The Morgan fingerprint density at radius 3 is 2.94 bits per heavy atom. The van der Waals surface area contributed by atoms with Crippen molar-refractivity contribution in [2.24, 2.45) is 0 Å². The minimum Gasteiger partial charge on any atom is -0.424 e. The Morgan fingerprint density at radius 2 is 2.17 bits per heavy atom. The number of para-hydroxylation sites is 2. The van der Waals surface area contributed by atoms with Crippen molar-refractivity contribution in [3.05, 3.63) is 40.3 Å². The summed E-state index contributed by atoms with van der Waals surface area (Å²) in [5.74, 6) is 0. The van der Waals surface area contributed by atoms with Crippen molar-refractivity contribution in [1.82, 2.24) is 9.97 Å². The molecule has 0 spiro atoms. The molecule has 0 fully saturated rings. The standard InChI is InChI=1S/C13H13N3OS/c1-9-8-18-12(15-9)6-7-14-13-16-10-4-2-3-5-11(10)17-13/h2-5,8H,6-7H2,1H3,(H,14,16). The van der Waals surface area contributed by atoms with E-state index in [-0.39, 0.29) is 0 Å². The van der Waals surface area contributed by atoms with Crippen LogP contribution in [0.3, 0.4) is 0 Å². The van der Waals surface area contributed by atoms with Crippen molar-refractivity contribution >= 4 is 28.5 Å². The maximum Gasteiger partial charge on any atom is 0.295 e. The topological polar surface area (TPSA) is 51.0 Å². The molecule has 3 aromatic rings. The van der Waals surface area contributed by atoms with Crippen LogP contribution in [0.4, 0.5) is 6.01 Å². The van der Waals surface area contributed by atoms with Gasteiger partial charge in [0.25, 0.3) is 6.01 Å². The third-order valence-electron chi connectivity index (χ3n) is 2.58. The maximum atomic E-state index is 5.57. The summed E-state index contributed by atoms with van der Waals surface area (Å²) in [6.45, 7) is 2.79. The van der Waals surface area contributed by atoms with Crippen LogP contribution in [0, 0.1) is 6.92 Å². The Bertz CT molecular complexity index is 626. The molecular formula is C13H13N3OS. The van der Waals surface area contributed by atoms with Gasteiger partial charge in [-0.25, -0.2) is 4.98 Å². The molecule has 0 aliphatic carbocycles. The molecule has 0 bridgehead atoms. The summed E-state index contributed by atoms with van der Waals surface area (Å²) in [5.41, 5.74) is 2.77. The molecule has 1 aromatic carbocycles. The smallest absolute Gasteiger partial charge is 0.295 e. The lowest BCUT2D eigenvalue weighted by molar-refractivity contribution is 0.614. The molecule has 2 heterocycles. The van der Waals surface area contributed by atoms with E-state index in [1.165, 1.54) is 0 Å². The van der Waals surface area contributed by atoms with Crippen LogP contribution < -0.4 is 5.32 Å². The van der Waals surface area contributed by atoms with Crippen molar-refractivity contribution in [3.8, 4) is 0 Å². The lowest BCUT2D eigenvalue weighted by atomic mass is 10.3. The van der Waals surface area contributed by atoms with Crippen LogP contribution in [-0.4, -0.2) is 16.5 Å². The van der Waals surface area contributed by atoms with E-state index in [4.69, 9.17) is 4.42 Å². The Hall–Kier alpha value is -1.88. The Balaban J connectivity index is 1.62. The lowest BCUT2D eigenvalue weighted by Crippen LogP contribution is -2.04. The predicted molar refractivity (Wildman–Crippen MR) is 73.1 cm³/mol. The average molecular weight is 259 g/mol. The third-order valence-corrected chi connectivity index (χ3v) is 3.60. The molecule has 0 unspecified atom stereocenters. The minimum absolute atomic E-state index is 0.574. The Labute approximate surface area is 109 Å². The number of rotatable bonds is 4. The van der Waals surface area contributed by atoms with Crippen molar-refractivity contribution in [3.63, 3.8) is 0 Å². The molecule has 18 heavy (non-hydrogen) atoms. The summed E-state index contributed by atoms with van der Waals surface area (Å²) in [6, 6.07) is 8.32. The third kappa shape index (κ3) is 2.36. The van der Waals surface area contributed by atoms with Crippen LogP contribution in [0.1, 0.15) is 10.7 Å². The number of anilines is 1. The van der Waals surface area contributed by atoms with Gasteiger partial charge in [0.15, 0.2) is 5.58 Å². The Morgan fingerprint density at radius 1 is 1.28 bits per heavy atom. The van der Waals surface area contributed by atoms with Gasteiger partial charge >= 0.3 is 0 Å². The molecule has 1 N–H and O–H groups in total. The molecule has 0 saturated heterocycles. The molecule has 4 nitrogen and oxygen atoms in total. The lowest BCUT2D eigenvalue weighted by Gasteiger charge is -1.98. The number of nitrogens with one attached hydrogen (secondary N) is 1. The molecular weight excluding hydrogens is 246 g/mol. The largest absolute Gasteiger partial charge is 0.424 e. The Kier molecular flexibility index (Phi) is 2.98. The highest BCUT2D eigenvalue weighted by Gasteiger charge is 2.04. The number of hydrogen-bond acceptors (Lipinski definition) is 5. The van der Waals surface area contributed by atoms with E-state index in [1.54, 1.807) is 11.3 Å². The SMILES string of the molecule is Cc1csc(CCNc2nc3ccccc3o2)n1. The highest BCUT2D eigenvalue weighted by atomic mass is 32.1. The van der Waals surface area contributed by atoms with Gasteiger partial charge in [-0.2, -0.15) is 4.98 Å². The minimum atomic E-state index is 0.574. The fourth-order valence-corrected chi connectivity index (χ4v) is 2.52. The van der Waals surface area contributed by atoms with Crippen LogP contribution in [0.2, 0.25) is 0 Å². The van der Waals surface area contributed by atoms with E-state index in [0.717, 1.165) is 34.8 Å². The number of oxazole rings is 1. The van der Waals surface area contributed by atoms with Gasteiger partial charge in [-0.15, -0.1) is 11.3 Å². The number of benzene rings is 1. The molecule has 92 valence electrons. The molecule has 0 amide bonds. The summed E-state index contributed by atoms with van der Waals surface area (Å²) in [6.07, 6.45) is 0.886. The second kappa shape index (κ2) is 4.78. The zero-order valence-corrected chi connectivity index (χ0v) is 10.8. The predicted octanol–water partition coefficient (Wildman–Crippen LogP) is 3.25. The van der Waals surface area contributed by atoms with Crippen LogP contribution in [0.25, 0.3) is 11.1 Å². The summed E-state index contributed by atoms with van der Waals surface area (Å²) >= 11 is 1.69. The van der Waals surface area contributed by atoms with Crippen molar-refractivity contribution in [2.45, 2.75) is 13.3 Å². The maximum absolute atomic E-state index is 5.57. The second-order valence-electron chi connectivity index (χ2n) is 4.05. The van der Waals surface area contributed by atoms with E-state index in [1.807, 2.05) is 31.2 Å². The zero-order chi connectivity index (χ0) is 12.4. The van der Waals surface area contributed by atoms with E-state index in [2.05, 4.69) is 20.7 Å². The number of aryl methyl sites for hydroxylation is 1. The number of fused-ring (bicyclic) bond motifs is 1. The van der Waals surface area contributed by atoms with Crippen LogP contribution in [-0.2, 0) is 6.42 Å². The molecule has 3 rings (SSSR count). The second-order valence-corrected chi connectivity index (χ2v) is 4.99. The van der Waals surface area contributed by atoms with Gasteiger partial charge < -0.3 is 9.73 Å². The normalized spacial score (nSPS) is 10.9. The molecule has 0 saturated carbocycles. The van der Waals surface area contributed by atoms with Crippen LogP contribution in [0.15, 0.2) is 34.1 Å². The molecule has 0 aliphatic heterocycles. The summed E-state index contributed by atoms with van der Waals surface area (Å²) in [5, 5.41) is 6.38. The summed E-state index contributed by atoms with van der Waals surface area (Å²) in [4.78, 5) is 8.77. The van der Waals surface area contributed by atoms with Gasteiger partial charge in [-0.1, -0.05) is 12.1 Å². The van der Waals surface area contributed by atoms with Crippen LogP contribution in [0.5, 0.6) is 0 Å². The first kappa shape index (κ1) is 11.2. The molecule has 2 aromatic heterocycles. The first-order valence-corrected chi connectivity index (χ1v) is 6.70. The van der Waals surface area contributed by atoms with Gasteiger partial charge in [-0.05, 0) is 19.1 Å². The first-order chi connectivity index (χ1) is 8.81. The van der Waals surface area contributed by atoms with Gasteiger partial charge in [0, 0.05) is 24.0 Å². The van der Waals surface area contributed by atoms with E-state index in [9.17, 15) is 0 Å². The van der Waals surface area contributed by atoms with Gasteiger partial charge in [0.1, 0.15) is 5.52 Å². The van der Waals surface area contributed by atoms with Gasteiger partial charge in [-0.3, -0.25) is 0 Å². The van der Waals surface area contributed by atoms with Crippen molar-refractivity contribution in [2.75, 3.05) is 11.9 Å². The monoisotopic (exact) mass is 259 g/mol. The van der Waals surface area contributed by atoms with Gasteiger partial charge in [0.2, 0.25) is 0 Å². The highest BCUT2D eigenvalue weighted by molar-refractivity contribution is 7.09. The quantitative estimate of drug-likeness (QED) is 0.781. The molecule has 0 radical (unpaired) electrons. The molecule has 5 heteroatoms. The number of hydrogen-bond donors (Lipinski definition) is 1.